The van der Waals surface area contributed by atoms with Crippen molar-refractivity contribution in [3.63, 3.8) is 0 Å². The molecule has 1 N–H and O–H groups in total. The second kappa shape index (κ2) is 7.49. The number of nitrogens with one attached hydrogen (secondary N) is 1. The molecule has 0 amide bonds. The lowest BCUT2D eigenvalue weighted by Gasteiger charge is -2.24. The summed E-state index contributed by atoms with van der Waals surface area (Å²) in [6.07, 6.45) is 9.25. The van der Waals surface area contributed by atoms with E-state index in [0.29, 0.717) is 0 Å². The fourth-order valence-electron chi connectivity index (χ4n) is 3.20. The number of aryl methyl sites for hydroxylation is 1. The van der Waals surface area contributed by atoms with Gasteiger partial charge in [-0.3, -0.25) is 0 Å². The van der Waals surface area contributed by atoms with Gasteiger partial charge < -0.3 is 10.1 Å². The van der Waals surface area contributed by atoms with Crippen LogP contribution in [0, 0.1) is 12.8 Å². The van der Waals surface area contributed by atoms with Crippen LogP contribution in [0.1, 0.15) is 43.2 Å². The van der Waals surface area contributed by atoms with Crippen molar-refractivity contribution in [2.45, 2.75) is 39.0 Å². The Labute approximate surface area is 123 Å². The predicted molar refractivity (Wildman–Crippen MR) is 86.2 cm³/mol. The molecule has 0 unspecified atom stereocenters. The summed E-state index contributed by atoms with van der Waals surface area (Å²) in [7, 11) is 3.77. The maximum atomic E-state index is 5.34. The first-order valence-corrected chi connectivity index (χ1v) is 7.74. The van der Waals surface area contributed by atoms with Crippen LogP contribution >= 0.6 is 0 Å². The third-order valence-corrected chi connectivity index (χ3v) is 4.28. The zero-order chi connectivity index (χ0) is 14.4. The Morgan fingerprint density at radius 3 is 2.65 bits per heavy atom. The van der Waals surface area contributed by atoms with E-state index in [1.54, 1.807) is 12.7 Å². The van der Waals surface area contributed by atoms with Crippen molar-refractivity contribution in [3.05, 3.63) is 34.9 Å². The number of ether oxygens (including phenoxy) is 1. The van der Waals surface area contributed by atoms with E-state index < -0.39 is 0 Å². The van der Waals surface area contributed by atoms with E-state index in [0.717, 1.165) is 18.2 Å². The molecule has 0 aromatic heterocycles. The van der Waals surface area contributed by atoms with E-state index in [9.17, 15) is 0 Å². The zero-order valence-electron chi connectivity index (χ0n) is 13.0. The Bertz CT molecular complexity index is 458. The van der Waals surface area contributed by atoms with Crippen LogP contribution in [0.4, 0.5) is 0 Å². The third-order valence-electron chi connectivity index (χ3n) is 4.28. The van der Waals surface area contributed by atoms with Gasteiger partial charge in [-0.2, -0.15) is 0 Å². The molecule has 1 saturated carbocycles. The van der Waals surface area contributed by atoms with Crippen molar-refractivity contribution in [3.8, 4) is 5.75 Å². The number of likely N-dealkylation sites (N-methyl/N-ethyl adjacent to an activating group) is 1. The monoisotopic (exact) mass is 273 g/mol. The summed E-state index contributed by atoms with van der Waals surface area (Å²) in [6.45, 7) is 3.10. The van der Waals surface area contributed by atoms with Crippen LogP contribution in [-0.2, 0) is 0 Å². The van der Waals surface area contributed by atoms with Gasteiger partial charge in [-0.25, -0.2) is 0 Å². The molecular weight excluding hydrogens is 246 g/mol. The minimum Gasteiger partial charge on any atom is -0.496 e. The van der Waals surface area contributed by atoms with Crippen LogP contribution in [0.5, 0.6) is 5.75 Å². The highest BCUT2D eigenvalue weighted by Gasteiger charge is 2.17. The molecule has 1 aromatic rings. The van der Waals surface area contributed by atoms with Gasteiger partial charge in [0.25, 0.3) is 0 Å². The molecule has 2 heteroatoms. The first-order valence-electron chi connectivity index (χ1n) is 7.74. The molecule has 0 atom stereocenters. The van der Waals surface area contributed by atoms with E-state index in [1.165, 1.54) is 43.2 Å². The molecule has 0 aliphatic heterocycles. The summed E-state index contributed by atoms with van der Waals surface area (Å²) in [5.41, 5.74) is 4.05. The molecule has 0 spiro atoms. The summed E-state index contributed by atoms with van der Waals surface area (Å²) in [4.78, 5) is 0. The Balaban J connectivity index is 2.20. The molecular formula is C18H27NO. The quantitative estimate of drug-likeness (QED) is 0.868. The lowest BCUT2D eigenvalue weighted by atomic mass is 9.83. The van der Waals surface area contributed by atoms with Gasteiger partial charge in [0.2, 0.25) is 0 Å². The fraction of sp³-hybridized carbons (Fsp3) is 0.556. The Morgan fingerprint density at radius 1 is 1.30 bits per heavy atom. The van der Waals surface area contributed by atoms with Gasteiger partial charge in [-0.1, -0.05) is 37.0 Å². The van der Waals surface area contributed by atoms with Crippen LogP contribution in [0.15, 0.2) is 23.8 Å². The highest BCUT2D eigenvalue weighted by Crippen LogP contribution is 2.31. The molecule has 20 heavy (non-hydrogen) atoms. The highest BCUT2D eigenvalue weighted by atomic mass is 16.5. The Morgan fingerprint density at radius 2 is 2.05 bits per heavy atom. The average molecular weight is 273 g/mol. The second-order valence-corrected chi connectivity index (χ2v) is 5.81. The van der Waals surface area contributed by atoms with Gasteiger partial charge in [-0.05, 0) is 56.0 Å². The zero-order valence-corrected chi connectivity index (χ0v) is 13.0. The molecule has 0 bridgehead atoms. The minimum absolute atomic E-state index is 0.763. The van der Waals surface area contributed by atoms with Crippen molar-refractivity contribution >= 4 is 6.08 Å². The highest BCUT2D eigenvalue weighted by molar-refractivity contribution is 5.56. The van der Waals surface area contributed by atoms with E-state index in [4.69, 9.17) is 4.74 Å². The largest absolute Gasteiger partial charge is 0.496 e. The van der Waals surface area contributed by atoms with Crippen LogP contribution in [-0.4, -0.2) is 20.7 Å². The molecule has 1 fully saturated rings. The van der Waals surface area contributed by atoms with Gasteiger partial charge in [0.15, 0.2) is 0 Å². The first-order chi connectivity index (χ1) is 9.74. The van der Waals surface area contributed by atoms with Crippen LogP contribution in [0.2, 0.25) is 0 Å². The summed E-state index contributed by atoms with van der Waals surface area (Å²) in [5, 5.41) is 3.33. The molecule has 1 aromatic carbocycles. The van der Waals surface area contributed by atoms with E-state index in [2.05, 4.69) is 36.5 Å². The van der Waals surface area contributed by atoms with Gasteiger partial charge in [0.1, 0.15) is 5.75 Å². The molecule has 0 radical (unpaired) electrons. The number of benzene rings is 1. The lowest BCUT2D eigenvalue weighted by Crippen LogP contribution is -2.19. The van der Waals surface area contributed by atoms with Crippen molar-refractivity contribution in [2.24, 2.45) is 5.92 Å². The van der Waals surface area contributed by atoms with Crippen molar-refractivity contribution in [2.75, 3.05) is 20.7 Å². The molecule has 1 aliphatic rings. The van der Waals surface area contributed by atoms with E-state index in [-0.39, 0.29) is 0 Å². The number of rotatable bonds is 5. The molecule has 0 saturated heterocycles. The minimum atomic E-state index is 0.763. The van der Waals surface area contributed by atoms with Crippen molar-refractivity contribution < 1.29 is 4.74 Å². The maximum absolute atomic E-state index is 5.34. The van der Waals surface area contributed by atoms with Crippen molar-refractivity contribution in [1.29, 1.82) is 0 Å². The molecule has 0 heterocycles. The third kappa shape index (κ3) is 3.86. The summed E-state index contributed by atoms with van der Waals surface area (Å²) >= 11 is 0. The molecule has 2 nitrogen and oxygen atoms in total. The smallest absolute Gasteiger partial charge is 0.121 e. The molecule has 110 valence electrons. The van der Waals surface area contributed by atoms with Crippen molar-refractivity contribution in [1.82, 2.24) is 5.32 Å². The topological polar surface area (TPSA) is 21.3 Å². The summed E-state index contributed by atoms with van der Waals surface area (Å²) in [5.74, 6) is 1.73. The molecule has 1 aliphatic carbocycles. The molecule has 2 rings (SSSR count). The summed E-state index contributed by atoms with van der Waals surface area (Å²) in [6, 6.07) is 6.45. The van der Waals surface area contributed by atoms with Crippen LogP contribution in [0.3, 0.4) is 0 Å². The normalized spacial score (nSPS) is 17.2. The van der Waals surface area contributed by atoms with Gasteiger partial charge in [0, 0.05) is 6.54 Å². The number of hydrogen-bond acceptors (Lipinski definition) is 2. The van der Waals surface area contributed by atoms with Crippen LogP contribution < -0.4 is 10.1 Å². The summed E-state index contributed by atoms with van der Waals surface area (Å²) < 4.78 is 5.34. The SMILES string of the molecule is CNC/C(=C/c1ccc(OC)c(C)c1)C1CCCCC1. The second-order valence-electron chi connectivity index (χ2n) is 5.81. The number of hydrogen-bond donors (Lipinski definition) is 1. The average Bonchev–Trinajstić information content (AvgIpc) is 2.48. The predicted octanol–water partition coefficient (Wildman–Crippen LogP) is 4.19. The lowest BCUT2D eigenvalue weighted by molar-refractivity contribution is 0.398. The van der Waals surface area contributed by atoms with E-state index >= 15 is 0 Å². The first kappa shape index (κ1) is 15.1. The van der Waals surface area contributed by atoms with Crippen LogP contribution in [0.25, 0.3) is 6.08 Å². The fourth-order valence-corrected chi connectivity index (χ4v) is 3.20. The maximum Gasteiger partial charge on any atom is 0.121 e. The van der Waals surface area contributed by atoms with Gasteiger partial charge in [-0.15, -0.1) is 0 Å². The van der Waals surface area contributed by atoms with E-state index in [1.807, 2.05) is 7.05 Å². The van der Waals surface area contributed by atoms with Gasteiger partial charge >= 0.3 is 0 Å². The Hall–Kier alpha value is -1.28. The Kier molecular flexibility index (Phi) is 5.66. The van der Waals surface area contributed by atoms with Gasteiger partial charge in [0.05, 0.1) is 7.11 Å². The standard InChI is InChI=1S/C18H27NO/c1-14-11-15(9-10-18(14)20-3)12-17(13-19-2)16-7-5-4-6-8-16/h9-12,16,19H,4-8,13H2,1-3H3/b17-12-. The number of methoxy groups -OCH3 is 1.